The summed E-state index contributed by atoms with van der Waals surface area (Å²) in [7, 11) is 0. The van der Waals surface area contributed by atoms with E-state index in [4.69, 9.17) is 18.9 Å². The van der Waals surface area contributed by atoms with Crippen molar-refractivity contribution in [3.8, 4) is 0 Å². The highest BCUT2D eigenvalue weighted by atomic mass is 16.7. The molecule has 0 heterocycles. The molecule has 0 aromatic heterocycles. The van der Waals surface area contributed by atoms with Crippen LogP contribution in [0.4, 0.5) is 25.8 Å². The first kappa shape index (κ1) is 31.2. The van der Waals surface area contributed by atoms with Crippen LogP contribution in [0.3, 0.4) is 0 Å². The minimum absolute atomic E-state index is 0.0316. The second-order valence-electron chi connectivity index (χ2n) is 11.8. The molecule has 2 fully saturated rings. The van der Waals surface area contributed by atoms with E-state index in [0.717, 1.165) is 62.5 Å². The minimum Gasteiger partial charge on any atom is -0.446 e. The molecule has 228 valence electrons. The summed E-state index contributed by atoms with van der Waals surface area (Å²) in [4.78, 5) is 37.0. The summed E-state index contributed by atoms with van der Waals surface area (Å²) < 4.78 is 22.0. The molecular weight excluding hydrogens is 536 g/mol. The van der Waals surface area contributed by atoms with Gasteiger partial charge in [0.1, 0.15) is 24.4 Å². The number of anilines is 2. The highest BCUT2D eigenvalue weighted by Gasteiger charge is 2.23. The van der Waals surface area contributed by atoms with Gasteiger partial charge in [-0.05, 0) is 112 Å². The average Bonchev–Trinajstić information content (AvgIpc) is 2.96. The molecule has 2 unspecified atom stereocenters. The lowest BCUT2D eigenvalue weighted by Crippen LogP contribution is -2.26. The highest BCUT2D eigenvalue weighted by molar-refractivity contribution is 5.85. The first-order chi connectivity index (χ1) is 20.1. The molecule has 2 saturated carbocycles. The van der Waals surface area contributed by atoms with E-state index in [1.165, 1.54) is 0 Å². The summed E-state index contributed by atoms with van der Waals surface area (Å²) in [5.41, 5.74) is 2.71. The van der Waals surface area contributed by atoms with Crippen LogP contribution in [0.5, 0.6) is 0 Å². The van der Waals surface area contributed by atoms with Crippen molar-refractivity contribution in [2.24, 2.45) is 11.8 Å². The van der Waals surface area contributed by atoms with Crippen molar-refractivity contribution in [2.75, 3.05) is 10.6 Å². The van der Waals surface area contributed by atoms with Gasteiger partial charge in [-0.15, -0.1) is 0 Å². The molecule has 2 N–H and O–H groups in total. The van der Waals surface area contributed by atoms with Gasteiger partial charge in [-0.3, -0.25) is 10.6 Å². The van der Waals surface area contributed by atoms with Crippen molar-refractivity contribution >= 4 is 29.7 Å². The Kier molecular flexibility index (Phi) is 11.1. The SMILES string of the molecule is CC1CCC(OC(=O)Nc2ccc(C(C)OC(=O)OC(C)c3ccc(NC(=O)OC4CCC(C)CC4)cc3)cc2)CC1. The molecular formula is C33H44N2O7. The maximum absolute atomic E-state index is 12.5. The maximum Gasteiger partial charge on any atom is 0.509 e. The Bertz CT molecular complexity index is 1080. The molecule has 2 aliphatic carbocycles. The van der Waals surface area contributed by atoms with Gasteiger partial charge in [0, 0.05) is 11.4 Å². The van der Waals surface area contributed by atoms with Crippen molar-refractivity contribution < 1.29 is 33.3 Å². The molecule has 2 amide bonds. The van der Waals surface area contributed by atoms with Gasteiger partial charge >= 0.3 is 18.3 Å². The standard InChI is InChI=1S/C33H44N2O7/c1-21-5-17-29(18-6-21)41-31(36)34-27-13-9-25(10-14-27)23(3)39-33(38)40-24(4)26-11-15-28(16-12-26)35-32(37)42-30-19-7-22(2)8-20-30/h9-16,21-24,29-30H,5-8,17-20H2,1-4H3,(H,34,36)(H,35,37). The molecule has 9 heteroatoms. The number of amides is 2. The fraction of sp³-hybridized carbons (Fsp3) is 0.545. The normalized spacial score (nSPS) is 23.5. The van der Waals surface area contributed by atoms with E-state index in [0.29, 0.717) is 23.2 Å². The summed E-state index contributed by atoms with van der Waals surface area (Å²) >= 11 is 0. The minimum atomic E-state index is -0.796. The predicted molar refractivity (Wildman–Crippen MR) is 160 cm³/mol. The van der Waals surface area contributed by atoms with Gasteiger partial charge in [-0.25, -0.2) is 14.4 Å². The Morgan fingerprint density at radius 1 is 0.595 bits per heavy atom. The summed E-state index contributed by atoms with van der Waals surface area (Å²) in [6.45, 7) is 7.94. The third-order valence-corrected chi connectivity index (χ3v) is 8.27. The van der Waals surface area contributed by atoms with Crippen LogP contribution in [-0.2, 0) is 18.9 Å². The van der Waals surface area contributed by atoms with Gasteiger partial charge in [-0.2, -0.15) is 0 Å². The van der Waals surface area contributed by atoms with Crippen LogP contribution in [0, 0.1) is 11.8 Å². The van der Waals surface area contributed by atoms with Crippen molar-refractivity contribution in [1.29, 1.82) is 0 Å². The van der Waals surface area contributed by atoms with Crippen molar-refractivity contribution in [3.05, 3.63) is 59.7 Å². The molecule has 2 aromatic carbocycles. The Morgan fingerprint density at radius 3 is 1.26 bits per heavy atom. The van der Waals surface area contributed by atoms with E-state index in [1.807, 2.05) is 0 Å². The lowest BCUT2D eigenvalue weighted by molar-refractivity contribution is 0.00626. The lowest BCUT2D eigenvalue weighted by atomic mass is 9.89. The average molecular weight is 581 g/mol. The number of benzene rings is 2. The van der Waals surface area contributed by atoms with Gasteiger partial charge in [0.15, 0.2) is 0 Å². The predicted octanol–water partition coefficient (Wildman–Crippen LogP) is 8.92. The zero-order chi connectivity index (χ0) is 30.1. The largest absolute Gasteiger partial charge is 0.509 e. The van der Waals surface area contributed by atoms with Gasteiger partial charge in [-0.1, -0.05) is 38.1 Å². The van der Waals surface area contributed by atoms with Crippen molar-refractivity contribution in [1.82, 2.24) is 0 Å². The number of rotatable bonds is 8. The molecule has 0 spiro atoms. The van der Waals surface area contributed by atoms with Crippen LogP contribution in [0.2, 0.25) is 0 Å². The molecule has 0 radical (unpaired) electrons. The van der Waals surface area contributed by atoms with E-state index in [2.05, 4.69) is 24.5 Å². The van der Waals surface area contributed by atoms with Gasteiger partial charge < -0.3 is 18.9 Å². The Morgan fingerprint density at radius 2 is 0.929 bits per heavy atom. The molecule has 0 aliphatic heterocycles. The van der Waals surface area contributed by atoms with Crippen molar-refractivity contribution in [3.63, 3.8) is 0 Å². The van der Waals surface area contributed by atoms with Crippen LogP contribution >= 0.6 is 0 Å². The molecule has 2 atom stereocenters. The molecule has 4 rings (SSSR count). The summed E-state index contributed by atoms with van der Waals surface area (Å²) in [5.74, 6) is 1.38. The zero-order valence-electron chi connectivity index (χ0n) is 25.1. The Balaban J connectivity index is 1.18. The molecule has 9 nitrogen and oxygen atoms in total. The van der Waals surface area contributed by atoms with E-state index in [1.54, 1.807) is 62.4 Å². The van der Waals surface area contributed by atoms with Gasteiger partial charge in [0.2, 0.25) is 0 Å². The van der Waals surface area contributed by atoms with Gasteiger partial charge in [0.05, 0.1) is 0 Å². The number of hydrogen-bond donors (Lipinski definition) is 2. The van der Waals surface area contributed by atoms with E-state index < -0.39 is 30.5 Å². The molecule has 2 aromatic rings. The molecule has 2 aliphatic rings. The van der Waals surface area contributed by atoms with E-state index in [9.17, 15) is 14.4 Å². The first-order valence-electron chi connectivity index (χ1n) is 15.2. The summed E-state index contributed by atoms with van der Waals surface area (Å²) in [6.07, 6.45) is 5.02. The van der Waals surface area contributed by atoms with Crippen LogP contribution in [0.15, 0.2) is 48.5 Å². The lowest BCUT2D eigenvalue weighted by Gasteiger charge is -2.26. The van der Waals surface area contributed by atoms with E-state index in [-0.39, 0.29) is 12.2 Å². The van der Waals surface area contributed by atoms with E-state index >= 15 is 0 Å². The second-order valence-corrected chi connectivity index (χ2v) is 11.8. The third kappa shape index (κ3) is 9.67. The molecule has 0 saturated heterocycles. The Hall–Kier alpha value is -3.75. The van der Waals surface area contributed by atoms with Crippen LogP contribution < -0.4 is 10.6 Å². The van der Waals surface area contributed by atoms with Crippen LogP contribution in [0.25, 0.3) is 0 Å². The fourth-order valence-electron chi connectivity index (χ4n) is 5.42. The Labute approximate surface area is 248 Å². The van der Waals surface area contributed by atoms with Crippen LogP contribution in [0.1, 0.15) is 102 Å². The molecule has 42 heavy (non-hydrogen) atoms. The monoisotopic (exact) mass is 580 g/mol. The summed E-state index contributed by atoms with van der Waals surface area (Å²) in [5, 5.41) is 5.52. The maximum atomic E-state index is 12.5. The third-order valence-electron chi connectivity index (χ3n) is 8.27. The molecule has 0 bridgehead atoms. The smallest absolute Gasteiger partial charge is 0.446 e. The fourth-order valence-corrected chi connectivity index (χ4v) is 5.42. The topological polar surface area (TPSA) is 112 Å². The van der Waals surface area contributed by atoms with Gasteiger partial charge in [0.25, 0.3) is 0 Å². The number of hydrogen-bond acceptors (Lipinski definition) is 7. The first-order valence-corrected chi connectivity index (χ1v) is 15.2. The second kappa shape index (κ2) is 14.9. The number of carbonyl (C=O) groups is 3. The zero-order valence-corrected chi connectivity index (χ0v) is 25.1. The number of nitrogens with one attached hydrogen (secondary N) is 2. The highest BCUT2D eigenvalue weighted by Crippen LogP contribution is 2.28. The van der Waals surface area contributed by atoms with Crippen LogP contribution in [-0.4, -0.2) is 30.5 Å². The number of ether oxygens (including phenoxy) is 4. The van der Waals surface area contributed by atoms with Crippen molar-refractivity contribution in [2.45, 2.75) is 103 Å². The summed E-state index contributed by atoms with van der Waals surface area (Å²) in [6, 6.07) is 14.1. The number of carbonyl (C=O) groups excluding carboxylic acids is 3. The quantitative estimate of drug-likeness (QED) is 0.237.